The highest BCUT2D eigenvalue weighted by molar-refractivity contribution is 9.10. The van der Waals surface area contributed by atoms with Gasteiger partial charge in [0, 0.05) is 10.0 Å². The van der Waals surface area contributed by atoms with Gasteiger partial charge in [-0.1, -0.05) is 15.9 Å². The van der Waals surface area contributed by atoms with Crippen LogP contribution in [-0.2, 0) is 0 Å². The summed E-state index contributed by atoms with van der Waals surface area (Å²) in [6.07, 6.45) is 1.65. The summed E-state index contributed by atoms with van der Waals surface area (Å²) in [6, 6.07) is 14.4. The molecule has 2 aromatic carbocycles. The number of aromatic hydroxyl groups is 1. The van der Waals surface area contributed by atoms with Crippen molar-refractivity contribution in [1.82, 2.24) is 0 Å². The second kappa shape index (κ2) is 6.27. The predicted octanol–water partition coefficient (Wildman–Crippen LogP) is 4.23. The van der Waals surface area contributed by atoms with E-state index in [1.807, 2.05) is 12.1 Å². The zero-order valence-electron chi connectivity index (χ0n) is 10.8. The van der Waals surface area contributed by atoms with Crippen LogP contribution in [0.3, 0.4) is 0 Å². The molecule has 0 aromatic heterocycles. The van der Waals surface area contributed by atoms with Crippen molar-refractivity contribution >= 4 is 27.6 Å². The van der Waals surface area contributed by atoms with E-state index in [2.05, 4.69) is 22.0 Å². The lowest BCUT2D eigenvalue weighted by Gasteiger charge is -2.04. The van der Waals surface area contributed by atoms with E-state index in [-0.39, 0.29) is 5.75 Å². The Morgan fingerprint density at radius 2 is 1.95 bits per heavy atom. The van der Waals surface area contributed by atoms with Crippen molar-refractivity contribution in [1.29, 1.82) is 5.26 Å². The number of allylic oxidation sites excluding steroid dienone is 1. The molecule has 3 nitrogen and oxygen atoms in total. The van der Waals surface area contributed by atoms with Gasteiger partial charge in [0.25, 0.3) is 0 Å². The summed E-state index contributed by atoms with van der Waals surface area (Å²) < 4.78 is 5.93. The van der Waals surface area contributed by atoms with Crippen LogP contribution in [-0.4, -0.2) is 12.2 Å². The van der Waals surface area contributed by atoms with Gasteiger partial charge in [-0.05, 0) is 54.1 Å². The van der Waals surface area contributed by atoms with Crippen LogP contribution in [0.4, 0.5) is 0 Å². The van der Waals surface area contributed by atoms with Crippen LogP contribution in [0.25, 0.3) is 11.6 Å². The molecule has 0 aliphatic carbocycles. The molecule has 0 fully saturated rings. The molecule has 1 N–H and O–H groups in total. The summed E-state index contributed by atoms with van der Waals surface area (Å²) in [5.74, 6) is 0.866. The van der Waals surface area contributed by atoms with Crippen molar-refractivity contribution in [3.05, 3.63) is 58.1 Å². The summed E-state index contributed by atoms with van der Waals surface area (Å²) >= 11 is 3.34. The van der Waals surface area contributed by atoms with E-state index in [4.69, 9.17) is 4.74 Å². The zero-order chi connectivity index (χ0) is 14.5. The second-order valence-corrected chi connectivity index (χ2v) is 5.02. The molecule has 0 bridgehead atoms. The van der Waals surface area contributed by atoms with E-state index in [0.717, 1.165) is 15.8 Å². The number of hydrogen-bond acceptors (Lipinski definition) is 3. The number of methoxy groups -OCH3 is 1. The molecule has 0 spiro atoms. The molecule has 0 saturated carbocycles. The summed E-state index contributed by atoms with van der Waals surface area (Å²) in [4.78, 5) is 0. The van der Waals surface area contributed by atoms with Gasteiger partial charge in [-0.2, -0.15) is 5.26 Å². The number of phenols is 1. The molecule has 0 atom stereocenters. The summed E-state index contributed by atoms with van der Waals surface area (Å²) in [7, 11) is 1.59. The van der Waals surface area contributed by atoms with Crippen LogP contribution in [0.1, 0.15) is 11.1 Å². The van der Waals surface area contributed by atoms with Crippen molar-refractivity contribution in [3.8, 4) is 17.6 Å². The van der Waals surface area contributed by atoms with E-state index in [1.54, 1.807) is 43.5 Å². The summed E-state index contributed by atoms with van der Waals surface area (Å²) in [5, 5.41) is 19.1. The molecule has 0 heterocycles. The Kier molecular flexibility index (Phi) is 4.44. The summed E-state index contributed by atoms with van der Waals surface area (Å²) in [6.45, 7) is 0. The molecule has 0 saturated heterocycles. The molecule has 2 aromatic rings. The highest BCUT2D eigenvalue weighted by Crippen LogP contribution is 2.27. The van der Waals surface area contributed by atoms with Gasteiger partial charge in [0.1, 0.15) is 11.5 Å². The average molecular weight is 330 g/mol. The van der Waals surface area contributed by atoms with Crippen LogP contribution in [0.2, 0.25) is 0 Å². The molecule has 0 aliphatic rings. The van der Waals surface area contributed by atoms with Crippen molar-refractivity contribution in [2.75, 3.05) is 7.11 Å². The lowest BCUT2D eigenvalue weighted by Crippen LogP contribution is -1.85. The van der Waals surface area contributed by atoms with Crippen molar-refractivity contribution in [2.24, 2.45) is 0 Å². The van der Waals surface area contributed by atoms with Crippen molar-refractivity contribution < 1.29 is 9.84 Å². The van der Waals surface area contributed by atoms with Gasteiger partial charge in [-0.15, -0.1) is 0 Å². The first-order valence-corrected chi connectivity index (χ1v) is 6.68. The average Bonchev–Trinajstić information content (AvgIpc) is 2.48. The maximum absolute atomic E-state index is 9.81. The van der Waals surface area contributed by atoms with E-state index in [9.17, 15) is 10.4 Å². The zero-order valence-corrected chi connectivity index (χ0v) is 12.4. The minimum absolute atomic E-state index is 0.134. The Morgan fingerprint density at radius 3 is 2.55 bits per heavy atom. The Balaban J connectivity index is 2.43. The molecule has 20 heavy (non-hydrogen) atoms. The fourth-order valence-corrected chi connectivity index (χ4v) is 2.13. The third-order valence-corrected chi connectivity index (χ3v) is 3.30. The number of halogens is 1. The monoisotopic (exact) mass is 329 g/mol. The number of hydrogen-bond donors (Lipinski definition) is 1. The topological polar surface area (TPSA) is 53.2 Å². The van der Waals surface area contributed by atoms with Gasteiger partial charge < -0.3 is 9.84 Å². The standard InChI is InChI=1S/C16H12BrNO2/c1-20-15-5-2-11(3-6-15)13(10-18)8-12-9-14(17)4-7-16(12)19/h2-9,19H,1H3/b13-8+. The fraction of sp³-hybridized carbons (Fsp3) is 0.0625. The Labute approximate surface area is 125 Å². The maximum Gasteiger partial charge on any atom is 0.122 e. The first-order chi connectivity index (χ1) is 9.63. The number of benzene rings is 2. The van der Waals surface area contributed by atoms with E-state index < -0.39 is 0 Å². The normalized spacial score (nSPS) is 10.9. The number of phenolic OH excluding ortho intramolecular Hbond substituents is 1. The molecule has 100 valence electrons. The summed E-state index contributed by atoms with van der Waals surface area (Å²) in [5.41, 5.74) is 1.83. The minimum Gasteiger partial charge on any atom is -0.507 e. The van der Waals surface area contributed by atoms with Crippen LogP contribution < -0.4 is 4.74 Å². The Hall–Kier alpha value is -2.25. The molecule has 0 unspecified atom stereocenters. The molecular weight excluding hydrogens is 318 g/mol. The SMILES string of the molecule is COc1ccc(/C(C#N)=C/c2cc(Br)ccc2O)cc1. The van der Waals surface area contributed by atoms with E-state index >= 15 is 0 Å². The first kappa shape index (κ1) is 14.2. The molecular formula is C16H12BrNO2. The van der Waals surface area contributed by atoms with Crippen LogP contribution in [0.5, 0.6) is 11.5 Å². The number of ether oxygens (including phenoxy) is 1. The highest BCUT2D eigenvalue weighted by atomic mass is 79.9. The fourth-order valence-electron chi connectivity index (χ4n) is 1.75. The first-order valence-electron chi connectivity index (χ1n) is 5.89. The molecule has 4 heteroatoms. The van der Waals surface area contributed by atoms with E-state index in [1.165, 1.54) is 0 Å². The third kappa shape index (κ3) is 3.19. The Morgan fingerprint density at radius 1 is 1.25 bits per heavy atom. The third-order valence-electron chi connectivity index (χ3n) is 2.81. The largest absolute Gasteiger partial charge is 0.507 e. The molecule has 0 radical (unpaired) electrons. The van der Waals surface area contributed by atoms with Gasteiger partial charge in [0.15, 0.2) is 0 Å². The van der Waals surface area contributed by atoms with Crippen LogP contribution >= 0.6 is 15.9 Å². The number of nitrogens with zero attached hydrogens (tertiary/aromatic N) is 1. The Bertz CT molecular complexity index is 685. The number of nitriles is 1. The van der Waals surface area contributed by atoms with Gasteiger partial charge >= 0.3 is 0 Å². The van der Waals surface area contributed by atoms with Crippen molar-refractivity contribution in [2.45, 2.75) is 0 Å². The molecule has 0 amide bonds. The predicted molar refractivity (Wildman–Crippen MR) is 82.3 cm³/mol. The van der Waals surface area contributed by atoms with Gasteiger partial charge in [-0.3, -0.25) is 0 Å². The van der Waals surface area contributed by atoms with Gasteiger partial charge in [0.2, 0.25) is 0 Å². The minimum atomic E-state index is 0.134. The van der Waals surface area contributed by atoms with Crippen molar-refractivity contribution in [3.63, 3.8) is 0 Å². The quantitative estimate of drug-likeness (QED) is 0.677. The lowest BCUT2D eigenvalue weighted by atomic mass is 10.0. The number of rotatable bonds is 3. The van der Waals surface area contributed by atoms with Gasteiger partial charge in [-0.25, -0.2) is 0 Å². The smallest absolute Gasteiger partial charge is 0.122 e. The molecule has 0 aliphatic heterocycles. The highest BCUT2D eigenvalue weighted by Gasteiger charge is 2.05. The van der Waals surface area contributed by atoms with Gasteiger partial charge in [0.05, 0.1) is 18.8 Å². The maximum atomic E-state index is 9.81. The second-order valence-electron chi connectivity index (χ2n) is 4.10. The van der Waals surface area contributed by atoms with E-state index in [0.29, 0.717) is 11.1 Å². The lowest BCUT2D eigenvalue weighted by molar-refractivity contribution is 0.415. The molecule has 2 rings (SSSR count). The van der Waals surface area contributed by atoms with Crippen LogP contribution in [0.15, 0.2) is 46.9 Å². The van der Waals surface area contributed by atoms with Crippen LogP contribution in [0, 0.1) is 11.3 Å².